The molecular formula is C14H13FN4O2. The van der Waals surface area contributed by atoms with Gasteiger partial charge in [-0.1, -0.05) is 6.07 Å². The Labute approximate surface area is 120 Å². The molecule has 2 heterocycles. The number of hydrogen-bond acceptors (Lipinski definition) is 5. The van der Waals surface area contributed by atoms with Crippen LogP contribution in [0.1, 0.15) is 11.3 Å². The summed E-state index contributed by atoms with van der Waals surface area (Å²) in [7, 11) is 1.57. The van der Waals surface area contributed by atoms with E-state index in [1.807, 2.05) is 0 Å². The Bertz CT molecular complexity index is 788. The molecule has 0 spiro atoms. The summed E-state index contributed by atoms with van der Waals surface area (Å²) in [6.07, 6.45) is 1.38. The van der Waals surface area contributed by atoms with Crippen LogP contribution in [0, 0.1) is 12.7 Å². The molecule has 7 heteroatoms. The zero-order chi connectivity index (χ0) is 14.8. The Morgan fingerprint density at radius 3 is 2.90 bits per heavy atom. The third-order valence-electron chi connectivity index (χ3n) is 2.93. The summed E-state index contributed by atoms with van der Waals surface area (Å²) in [6.45, 7) is 2.01. The summed E-state index contributed by atoms with van der Waals surface area (Å²) in [5.41, 5.74) is 1.21. The van der Waals surface area contributed by atoms with Gasteiger partial charge in [-0.3, -0.25) is 0 Å². The van der Waals surface area contributed by atoms with E-state index in [1.165, 1.54) is 16.9 Å². The van der Waals surface area contributed by atoms with Gasteiger partial charge in [-0.15, -0.1) is 0 Å². The molecule has 1 aromatic carbocycles. The average molecular weight is 288 g/mol. The largest absolute Gasteiger partial charge is 0.439 e. The highest BCUT2D eigenvalue weighted by molar-refractivity contribution is 5.37. The summed E-state index contributed by atoms with van der Waals surface area (Å²) >= 11 is 0. The normalized spacial score (nSPS) is 11.0. The van der Waals surface area contributed by atoms with Crippen molar-refractivity contribution >= 4 is 5.78 Å². The number of fused-ring (bicyclic) bond motifs is 1. The summed E-state index contributed by atoms with van der Waals surface area (Å²) in [5.74, 6) is 0.845. The second-order valence-electron chi connectivity index (χ2n) is 4.50. The van der Waals surface area contributed by atoms with E-state index in [1.54, 1.807) is 32.2 Å². The highest BCUT2D eigenvalue weighted by atomic mass is 19.1. The van der Waals surface area contributed by atoms with Gasteiger partial charge in [0.05, 0.1) is 12.3 Å². The number of hydrogen-bond donors (Lipinski definition) is 0. The number of ether oxygens (including phenoxy) is 2. The van der Waals surface area contributed by atoms with Gasteiger partial charge in [-0.2, -0.15) is 14.6 Å². The standard InChI is InChI=1S/C14H13FN4O2/c1-9-3-4-11(6-12(9)15)21-13-5-10(7-20-2)18-14-16-8-17-19(13)14/h3-6,8H,7H2,1-2H3. The second-order valence-corrected chi connectivity index (χ2v) is 4.50. The molecule has 0 saturated heterocycles. The Kier molecular flexibility index (Phi) is 3.49. The number of benzene rings is 1. The third-order valence-corrected chi connectivity index (χ3v) is 2.93. The minimum atomic E-state index is -0.325. The average Bonchev–Trinajstić information content (AvgIpc) is 2.92. The zero-order valence-corrected chi connectivity index (χ0v) is 11.6. The molecule has 0 radical (unpaired) electrons. The van der Waals surface area contributed by atoms with Gasteiger partial charge >= 0.3 is 0 Å². The maximum atomic E-state index is 13.6. The number of rotatable bonds is 4. The number of halogens is 1. The molecule has 0 saturated carbocycles. The lowest BCUT2D eigenvalue weighted by atomic mass is 10.2. The minimum absolute atomic E-state index is 0.321. The summed E-state index contributed by atoms with van der Waals surface area (Å²) in [4.78, 5) is 8.30. The van der Waals surface area contributed by atoms with Crippen molar-refractivity contribution in [3.63, 3.8) is 0 Å². The number of aryl methyl sites for hydroxylation is 1. The Hall–Kier alpha value is -2.54. The van der Waals surface area contributed by atoms with Gasteiger partial charge in [-0.25, -0.2) is 9.37 Å². The van der Waals surface area contributed by atoms with E-state index in [2.05, 4.69) is 15.1 Å². The van der Waals surface area contributed by atoms with Gasteiger partial charge in [0, 0.05) is 19.2 Å². The van der Waals surface area contributed by atoms with Crippen LogP contribution < -0.4 is 4.74 Å². The molecule has 0 fully saturated rings. The molecule has 0 bridgehead atoms. The molecule has 0 unspecified atom stereocenters. The van der Waals surface area contributed by atoms with E-state index in [-0.39, 0.29) is 5.82 Å². The molecule has 6 nitrogen and oxygen atoms in total. The fraction of sp³-hybridized carbons (Fsp3) is 0.214. The van der Waals surface area contributed by atoms with Crippen LogP contribution in [0.2, 0.25) is 0 Å². The van der Waals surface area contributed by atoms with Crippen molar-refractivity contribution in [1.29, 1.82) is 0 Å². The fourth-order valence-electron chi connectivity index (χ4n) is 1.88. The summed E-state index contributed by atoms with van der Waals surface area (Å²) in [5, 5.41) is 4.04. The number of nitrogens with zero attached hydrogens (tertiary/aromatic N) is 4. The number of aromatic nitrogens is 4. The van der Waals surface area contributed by atoms with Gasteiger partial charge in [0.2, 0.25) is 5.88 Å². The van der Waals surface area contributed by atoms with Crippen LogP contribution in [-0.2, 0) is 11.3 Å². The molecule has 3 aromatic rings. The van der Waals surface area contributed by atoms with Crippen molar-refractivity contribution in [1.82, 2.24) is 19.6 Å². The third kappa shape index (κ3) is 2.68. The first-order valence-electron chi connectivity index (χ1n) is 6.30. The van der Waals surface area contributed by atoms with Crippen molar-refractivity contribution in [2.45, 2.75) is 13.5 Å². The second kappa shape index (κ2) is 5.45. The van der Waals surface area contributed by atoms with Crippen LogP contribution in [0.3, 0.4) is 0 Å². The SMILES string of the molecule is COCc1cc(Oc2ccc(C)c(F)c2)n2ncnc2n1. The van der Waals surface area contributed by atoms with Crippen LogP contribution in [0.15, 0.2) is 30.6 Å². The first-order valence-corrected chi connectivity index (χ1v) is 6.30. The van der Waals surface area contributed by atoms with Gasteiger partial charge in [-0.05, 0) is 18.6 Å². The molecule has 0 atom stereocenters. The highest BCUT2D eigenvalue weighted by Gasteiger charge is 2.10. The zero-order valence-electron chi connectivity index (χ0n) is 11.6. The van der Waals surface area contributed by atoms with Crippen molar-refractivity contribution in [2.24, 2.45) is 0 Å². The van der Waals surface area contributed by atoms with Crippen LogP contribution in [-0.4, -0.2) is 26.7 Å². The predicted molar refractivity (Wildman–Crippen MR) is 72.7 cm³/mol. The van der Waals surface area contributed by atoms with Gasteiger partial charge in [0.1, 0.15) is 17.9 Å². The Balaban J connectivity index is 2.01. The van der Waals surface area contributed by atoms with E-state index in [4.69, 9.17) is 9.47 Å². The molecular weight excluding hydrogens is 275 g/mol. The molecule has 0 aliphatic heterocycles. The molecule has 0 aliphatic carbocycles. The molecule has 3 rings (SSSR count). The Morgan fingerprint density at radius 2 is 2.14 bits per heavy atom. The van der Waals surface area contributed by atoms with Crippen molar-refractivity contribution in [2.75, 3.05) is 7.11 Å². The summed E-state index contributed by atoms with van der Waals surface area (Å²) < 4.78 is 25.8. The molecule has 0 amide bonds. The summed E-state index contributed by atoms with van der Waals surface area (Å²) in [6, 6.07) is 6.36. The lowest BCUT2D eigenvalue weighted by Crippen LogP contribution is -2.02. The maximum Gasteiger partial charge on any atom is 0.255 e. The Morgan fingerprint density at radius 1 is 1.29 bits per heavy atom. The first kappa shape index (κ1) is 13.4. The number of methoxy groups -OCH3 is 1. The van der Waals surface area contributed by atoms with Gasteiger partial charge in [0.25, 0.3) is 5.78 Å². The van der Waals surface area contributed by atoms with Crippen molar-refractivity contribution in [3.05, 3.63) is 47.7 Å². The monoisotopic (exact) mass is 288 g/mol. The van der Waals surface area contributed by atoms with Crippen LogP contribution in [0.4, 0.5) is 4.39 Å². The predicted octanol–water partition coefficient (Wildman–Crippen LogP) is 2.51. The molecule has 0 aliphatic rings. The molecule has 2 aromatic heterocycles. The minimum Gasteiger partial charge on any atom is -0.439 e. The smallest absolute Gasteiger partial charge is 0.255 e. The lowest BCUT2D eigenvalue weighted by Gasteiger charge is -2.09. The van der Waals surface area contributed by atoms with E-state index >= 15 is 0 Å². The van der Waals surface area contributed by atoms with Crippen molar-refractivity contribution < 1.29 is 13.9 Å². The molecule has 0 N–H and O–H groups in total. The van der Waals surface area contributed by atoms with Gasteiger partial charge in [0.15, 0.2) is 0 Å². The van der Waals surface area contributed by atoms with Crippen LogP contribution in [0.25, 0.3) is 5.78 Å². The van der Waals surface area contributed by atoms with E-state index in [9.17, 15) is 4.39 Å². The quantitative estimate of drug-likeness (QED) is 0.738. The lowest BCUT2D eigenvalue weighted by molar-refractivity contribution is 0.181. The fourth-order valence-corrected chi connectivity index (χ4v) is 1.88. The van der Waals surface area contributed by atoms with E-state index in [0.717, 1.165) is 0 Å². The maximum absolute atomic E-state index is 13.6. The van der Waals surface area contributed by atoms with E-state index in [0.29, 0.717) is 35.3 Å². The highest BCUT2D eigenvalue weighted by Crippen LogP contribution is 2.24. The van der Waals surface area contributed by atoms with Gasteiger partial charge < -0.3 is 9.47 Å². The van der Waals surface area contributed by atoms with E-state index < -0.39 is 0 Å². The molecule has 21 heavy (non-hydrogen) atoms. The first-order chi connectivity index (χ1) is 10.2. The molecule has 108 valence electrons. The topological polar surface area (TPSA) is 61.5 Å². The van der Waals surface area contributed by atoms with Crippen LogP contribution >= 0.6 is 0 Å². The van der Waals surface area contributed by atoms with Crippen LogP contribution in [0.5, 0.6) is 11.6 Å². The van der Waals surface area contributed by atoms with Crippen molar-refractivity contribution in [3.8, 4) is 11.6 Å².